The molecule has 13 nitrogen and oxygen atoms in total. The van der Waals surface area contributed by atoms with E-state index in [1.54, 1.807) is 0 Å². The zero-order chi connectivity index (χ0) is 30.2. The SMILES string of the molecule is CN(C)[C@H]1C(=O)C(C(=O)NCN2CCC[C@H]2C(=O)O)=C(O)[C@]2(O)C(=O)C3=C(O)c4c(O)cccc4[C@](C)(O)[C@@H]3C[C@H]12. The summed E-state index contributed by atoms with van der Waals surface area (Å²) in [7, 11) is 3.00. The average Bonchev–Trinajstić information content (AvgIpc) is 3.37. The molecule has 41 heavy (non-hydrogen) atoms. The van der Waals surface area contributed by atoms with Crippen LogP contribution in [0.2, 0.25) is 0 Å². The van der Waals surface area contributed by atoms with Crippen molar-refractivity contribution in [2.75, 3.05) is 27.3 Å². The minimum absolute atomic E-state index is 0.145. The number of nitrogens with zero attached hydrogens (tertiary/aromatic N) is 2. The molecule has 13 heteroatoms. The maximum absolute atomic E-state index is 14.1. The van der Waals surface area contributed by atoms with Crippen LogP contribution in [-0.2, 0) is 24.8 Å². The van der Waals surface area contributed by atoms with E-state index in [-0.39, 0.29) is 24.2 Å². The van der Waals surface area contributed by atoms with Crippen molar-refractivity contribution in [2.45, 2.75) is 49.5 Å². The topological polar surface area (TPSA) is 208 Å². The number of ketones is 2. The van der Waals surface area contributed by atoms with Gasteiger partial charge in [0.25, 0.3) is 5.91 Å². The number of nitrogens with one attached hydrogen (secondary N) is 1. The van der Waals surface area contributed by atoms with Gasteiger partial charge in [-0.3, -0.25) is 29.0 Å². The molecule has 1 aromatic carbocycles. The summed E-state index contributed by atoms with van der Waals surface area (Å²) < 4.78 is 0. The summed E-state index contributed by atoms with van der Waals surface area (Å²) in [5.74, 6) is -8.99. The van der Waals surface area contributed by atoms with E-state index >= 15 is 0 Å². The van der Waals surface area contributed by atoms with Gasteiger partial charge in [0.1, 0.15) is 28.9 Å². The maximum Gasteiger partial charge on any atom is 0.320 e. The molecular formula is C28H33N3O10. The zero-order valence-corrected chi connectivity index (χ0v) is 22.8. The number of aliphatic carboxylic acids is 1. The van der Waals surface area contributed by atoms with Crippen molar-refractivity contribution < 1.29 is 49.8 Å². The molecule has 6 atom stereocenters. The number of likely N-dealkylation sites (tertiary alicyclic amines) is 1. The first kappa shape index (κ1) is 28.7. The third kappa shape index (κ3) is 3.98. The van der Waals surface area contributed by atoms with E-state index in [4.69, 9.17) is 0 Å². The highest BCUT2D eigenvalue weighted by Crippen LogP contribution is 2.57. The maximum atomic E-state index is 14.1. The van der Waals surface area contributed by atoms with Gasteiger partial charge in [0.2, 0.25) is 5.78 Å². The molecule has 1 amide bonds. The molecule has 7 N–H and O–H groups in total. The summed E-state index contributed by atoms with van der Waals surface area (Å²) in [5, 5.41) is 68.3. The summed E-state index contributed by atoms with van der Waals surface area (Å²) in [4.78, 5) is 55.5. The number of phenols is 1. The number of aliphatic hydroxyl groups excluding tert-OH is 2. The van der Waals surface area contributed by atoms with Gasteiger partial charge in [-0.05, 0) is 51.9 Å². The lowest BCUT2D eigenvalue weighted by molar-refractivity contribution is -0.159. The predicted molar refractivity (Wildman–Crippen MR) is 141 cm³/mol. The van der Waals surface area contributed by atoms with E-state index in [0.29, 0.717) is 19.4 Å². The minimum atomic E-state index is -2.83. The number of aliphatic hydroxyl groups is 4. The van der Waals surface area contributed by atoms with E-state index in [1.807, 2.05) is 0 Å². The van der Waals surface area contributed by atoms with Crippen LogP contribution in [0.4, 0.5) is 0 Å². The molecule has 220 valence electrons. The van der Waals surface area contributed by atoms with Crippen molar-refractivity contribution in [3.8, 4) is 5.75 Å². The fourth-order valence-electron chi connectivity index (χ4n) is 7.04. The molecule has 0 bridgehead atoms. The second kappa shape index (κ2) is 9.65. The number of aromatic hydroxyl groups is 1. The number of fused-ring (bicyclic) bond motifs is 3. The minimum Gasteiger partial charge on any atom is -0.508 e. The van der Waals surface area contributed by atoms with Gasteiger partial charge in [0.15, 0.2) is 11.4 Å². The molecule has 0 radical (unpaired) electrons. The molecule has 1 saturated carbocycles. The van der Waals surface area contributed by atoms with Crippen LogP contribution >= 0.6 is 0 Å². The Morgan fingerprint density at radius 1 is 1.15 bits per heavy atom. The van der Waals surface area contributed by atoms with Crippen LogP contribution in [0.3, 0.4) is 0 Å². The molecule has 0 spiro atoms. The Morgan fingerprint density at radius 2 is 1.83 bits per heavy atom. The second-order valence-electron chi connectivity index (χ2n) is 11.6. The molecule has 0 aromatic heterocycles. The van der Waals surface area contributed by atoms with E-state index in [0.717, 1.165) is 0 Å². The lowest BCUT2D eigenvalue weighted by atomic mass is 9.54. The van der Waals surface area contributed by atoms with Crippen molar-refractivity contribution in [3.05, 3.63) is 46.2 Å². The highest BCUT2D eigenvalue weighted by Gasteiger charge is 2.66. The van der Waals surface area contributed by atoms with Crippen molar-refractivity contribution in [3.63, 3.8) is 0 Å². The molecule has 1 aromatic rings. The molecular weight excluding hydrogens is 538 g/mol. The normalized spacial score (nSPS) is 33.5. The lowest BCUT2D eigenvalue weighted by Crippen LogP contribution is -2.67. The number of amides is 1. The van der Waals surface area contributed by atoms with Crippen LogP contribution in [-0.4, -0.2) is 109 Å². The number of hydrogen-bond acceptors (Lipinski definition) is 11. The van der Waals surface area contributed by atoms with Crippen LogP contribution < -0.4 is 5.32 Å². The molecule has 0 unspecified atom stereocenters. The molecule has 5 rings (SSSR count). The Labute approximate surface area is 235 Å². The molecule has 1 heterocycles. The summed E-state index contributed by atoms with van der Waals surface area (Å²) >= 11 is 0. The van der Waals surface area contributed by atoms with Gasteiger partial charge in [0.05, 0.1) is 23.9 Å². The van der Waals surface area contributed by atoms with Crippen LogP contribution in [0.25, 0.3) is 5.76 Å². The Hall–Kier alpha value is -3.78. The van der Waals surface area contributed by atoms with Gasteiger partial charge in [-0.15, -0.1) is 0 Å². The number of carbonyl (C=O) groups excluding carboxylic acids is 3. The van der Waals surface area contributed by atoms with Gasteiger partial charge < -0.3 is 36.0 Å². The zero-order valence-electron chi connectivity index (χ0n) is 22.8. The van der Waals surface area contributed by atoms with Crippen LogP contribution in [0.15, 0.2) is 35.1 Å². The fraction of sp³-hybridized carbons (Fsp3) is 0.500. The number of likely N-dealkylation sites (N-methyl/N-ethyl adjacent to an activating group) is 1. The number of Topliss-reactive ketones (excluding diaryl/α,β-unsaturated/α-hetero) is 2. The smallest absolute Gasteiger partial charge is 0.320 e. The Kier molecular flexibility index (Phi) is 6.77. The second-order valence-corrected chi connectivity index (χ2v) is 11.6. The van der Waals surface area contributed by atoms with Crippen molar-refractivity contribution in [1.29, 1.82) is 0 Å². The molecule has 1 saturated heterocycles. The van der Waals surface area contributed by atoms with Crippen LogP contribution in [0, 0.1) is 11.8 Å². The van der Waals surface area contributed by atoms with E-state index in [2.05, 4.69) is 5.32 Å². The van der Waals surface area contributed by atoms with Crippen LogP contribution in [0.5, 0.6) is 5.75 Å². The highest BCUT2D eigenvalue weighted by atomic mass is 16.4. The highest BCUT2D eigenvalue weighted by molar-refractivity contribution is 6.25. The number of phenolic OH excluding ortho intramolecular Hbond substituents is 1. The molecule has 2 fully saturated rings. The average molecular weight is 572 g/mol. The number of rotatable bonds is 5. The first-order chi connectivity index (χ1) is 19.1. The number of hydrogen-bond donors (Lipinski definition) is 7. The summed E-state index contributed by atoms with van der Waals surface area (Å²) in [6.07, 6.45) is 0.713. The van der Waals surface area contributed by atoms with E-state index in [1.165, 1.54) is 49.0 Å². The molecule has 4 aliphatic rings. The Morgan fingerprint density at radius 3 is 2.46 bits per heavy atom. The Bertz CT molecular complexity index is 1430. The van der Waals surface area contributed by atoms with E-state index in [9.17, 15) is 49.8 Å². The standard InChI is InChI=1S/C28H33N3O10/c1-27(40)12-6-4-8-16(32)17(12)21(33)18-13(27)10-14-20(30(2)3)22(34)19(24(36)28(14,41)23(18)35)25(37)29-11-31-9-5-7-15(31)26(38)39/h4,6,8,13-15,20,32-33,36,40-41H,5,7,9-11H2,1-3H3,(H,29,37)(H,38,39)/t13-,14-,15+,20-,27+,28-/m1/s1. The fourth-order valence-corrected chi connectivity index (χ4v) is 7.04. The number of carbonyl (C=O) groups is 4. The summed E-state index contributed by atoms with van der Waals surface area (Å²) in [6, 6.07) is 2.08. The number of benzene rings is 1. The van der Waals surface area contributed by atoms with Gasteiger partial charge in [0, 0.05) is 24.0 Å². The van der Waals surface area contributed by atoms with Gasteiger partial charge in [-0.1, -0.05) is 12.1 Å². The van der Waals surface area contributed by atoms with Gasteiger partial charge in [-0.25, -0.2) is 0 Å². The van der Waals surface area contributed by atoms with Crippen molar-refractivity contribution in [2.24, 2.45) is 11.8 Å². The monoisotopic (exact) mass is 571 g/mol. The molecule has 1 aliphatic heterocycles. The van der Waals surface area contributed by atoms with E-state index < -0.39 is 87.0 Å². The predicted octanol–water partition coefficient (Wildman–Crippen LogP) is -0.234. The van der Waals surface area contributed by atoms with Crippen molar-refractivity contribution >= 4 is 29.2 Å². The lowest BCUT2D eigenvalue weighted by Gasteiger charge is -2.53. The third-order valence-corrected chi connectivity index (χ3v) is 9.09. The summed E-state index contributed by atoms with van der Waals surface area (Å²) in [5.41, 5.74) is -6.00. The van der Waals surface area contributed by atoms with Gasteiger partial charge >= 0.3 is 5.97 Å². The largest absolute Gasteiger partial charge is 0.508 e. The van der Waals surface area contributed by atoms with Crippen molar-refractivity contribution in [1.82, 2.24) is 15.1 Å². The first-order valence-electron chi connectivity index (χ1n) is 13.3. The quantitative estimate of drug-likeness (QED) is 0.229. The Balaban J connectivity index is 1.61. The van der Waals surface area contributed by atoms with Crippen LogP contribution in [0.1, 0.15) is 37.3 Å². The molecule has 3 aliphatic carbocycles. The first-order valence-corrected chi connectivity index (χ1v) is 13.3. The third-order valence-electron chi connectivity index (χ3n) is 9.09. The van der Waals surface area contributed by atoms with Gasteiger partial charge in [-0.2, -0.15) is 0 Å². The number of carboxylic acids is 1. The number of carboxylic acid groups (broad SMARTS) is 1. The summed E-state index contributed by atoms with van der Waals surface area (Å²) in [6.45, 7) is 1.52.